The normalized spacial score (nSPS) is 11.4. The van der Waals surface area contributed by atoms with Crippen LogP contribution in [0.15, 0.2) is 53.7 Å². The maximum atomic E-state index is 8.73. The van der Waals surface area contributed by atoms with E-state index in [9.17, 15) is 0 Å². The Morgan fingerprint density at radius 2 is 1.81 bits per heavy atom. The fraction of sp³-hybridized carbons (Fsp3) is 0.188. The first-order chi connectivity index (χ1) is 10.2. The van der Waals surface area contributed by atoms with Crippen LogP contribution in [0.1, 0.15) is 16.7 Å². The standard InChI is InChI=1S/C16H18N2O3/c1-20-15-9-13(7-8-14(15)16(17)18-19)11-21-10-12-5-3-2-4-6-12/h2-9,19H,10-11H2,1H3,(H2,17,18). The maximum absolute atomic E-state index is 8.73. The lowest BCUT2D eigenvalue weighted by Crippen LogP contribution is -2.14. The number of hydrogen-bond acceptors (Lipinski definition) is 4. The quantitative estimate of drug-likeness (QED) is 0.370. The Bertz CT molecular complexity index is 612. The molecule has 0 aromatic heterocycles. The lowest BCUT2D eigenvalue weighted by atomic mass is 10.1. The summed E-state index contributed by atoms with van der Waals surface area (Å²) in [6.45, 7) is 1.01. The summed E-state index contributed by atoms with van der Waals surface area (Å²) >= 11 is 0. The maximum Gasteiger partial charge on any atom is 0.173 e. The summed E-state index contributed by atoms with van der Waals surface area (Å²) in [6.07, 6.45) is 0. The van der Waals surface area contributed by atoms with Crippen LogP contribution in [0.25, 0.3) is 0 Å². The topological polar surface area (TPSA) is 77.1 Å². The number of hydrogen-bond donors (Lipinski definition) is 2. The molecule has 0 aliphatic rings. The van der Waals surface area contributed by atoms with E-state index in [4.69, 9.17) is 20.4 Å². The summed E-state index contributed by atoms with van der Waals surface area (Å²) in [6, 6.07) is 15.4. The van der Waals surface area contributed by atoms with Crippen LogP contribution in [-0.2, 0) is 18.0 Å². The van der Waals surface area contributed by atoms with Crippen LogP contribution in [0.4, 0.5) is 0 Å². The Morgan fingerprint density at radius 1 is 1.10 bits per heavy atom. The molecule has 0 atom stereocenters. The molecule has 0 aliphatic heterocycles. The van der Waals surface area contributed by atoms with E-state index in [0.29, 0.717) is 24.5 Å². The van der Waals surface area contributed by atoms with Gasteiger partial charge in [-0.15, -0.1) is 0 Å². The molecule has 0 spiro atoms. The van der Waals surface area contributed by atoms with Gasteiger partial charge in [-0.1, -0.05) is 41.6 Å². The number of oxime groups is 1. The third-order valence-electron chi connectivity index (χ3n) is 3.03. The highest BCUT2D eigenvalue weighted by atomic mass is 16.5. The van der Waals surface area contributed by atoms with Crippen LogP contribution in [-0.4, -0.2) is 18.2 Å². The molecule has 3 N–H and O–H groups in total. The first kappa shape index (κ1) is 14.9. The summed E-state index contributed by atoms with van der Waals surface area (Å²) in [4.78, 5) is 0. The van der Waals surface area contributed by atoms with E-state index in [1.807, 2.05) is 42.5 Å². The summed E-state index contributed by atoms with van der Waals surface area (Å²) in [5.74, 6) is 0.565. The molecule has 2 aromatic rings. The smallest absolute Gasteiger partial charge is 0.173 e. The zero-order chi connectivity index (χ0) is 15.1. The van der Waals surface area contributed by atoms with E-state index < -0.39 is 0 Å². The average molecular weight is 286 g/mol. The van der Waals surface area contributed by atoms with Crippen molar-refractivity contribution in [1.82, 2.24) is 0 Å². The van der Waals surface area contributed by atoms with Crippen molar-refractivity contribution < 1.29 is 14.7 Å². The number of benzene rings is 2. The third-order valence-corrected chi connectivity index (χ3v) is 3.03. The number of nitrogens with zero attached hydrogens (tertiary/aromatic N) is 1. The van der Waals surface area contributed by atoms with Crippen molar-refractivity contribution in [2.24, 2.45) is 10.9 Å². The lowest BCUT2D eigenvalue weighted by Gasteiger charge is -2.10. The van der Waals surface area contributed by atoms with Gasteiger partial charge >= 0.3 is 0 Å². The minimum absolute atomic E-state index is 0.0172. The zero-order valence-electron chi connectivity index (χ0n) is 11.8. The molecule has 0 saturated carbocycles. The van der Waals surface area contributed by atoms with Crippen LogP contribution in [0.3, 0.4) is 0 Å². The number of rotatable bonds is 6. The van der Waals surface area contributed by atoms with Gasteiger partial charge in [-0.2, -0.15) is 0 Å². The predicted octanol–water partition coefficient (Wildman–Crippen LogP) is 2.51. The van der Waals surface area contributed by atoms with E-state index in [0.717, 1.165) is 11.1 Å². The molecular weight excluding hydrogens is 268 g/mol. The second kappa shape index (κ2) is 7.31. The first-order valence-electron chi connectivity index (χ1n) is 6.51. The number of amidine groups is 1. The van der Waals surface area contributed by atoms with Gasteiger partial charge in [0.25, 0.3) is 0 Å². The molecule has 21 heavy (non-hydrogen) atoms. The van der Waals surface area contributed by atoms with Crippen LogP contribution in [0.5, 0.6) is 5.75 Å². The molecule has 110 valence electrons. The predicted molar refractivity (Wildman–Crippen MR) is 80.4 cm³/mol. The Hall–Kier alpha value is -2.53. The van der Waals surface area contributed by atoms with Crippen LogP contribution >= 0.6 is 0 Å². The zero-order valence-corrected chi connectivity index (χ0v) is 11.8. The van der Waals surface area contributed by atoms with Crippen LogP contribution in [0.2, 0.25) is 0 Å². The fourth-order valence-electron chi connectivity index (χ4n) is 1.95. The summed E-state index contributed by atoms with van der Waals surface area (Å²) in [7, 11) is 1.54. The molecule has 0 amide bonds. The van der Waals surface area contributed by atoms with E-state index >= 15 is 0 Å². The molecule has 0 fully saturated rings. The van der Waals surface area contributed by atoms with Gasteiger partial charge in [-0.3, -0.25) is 0 Å². The highest BCUT2D eigenvalue weighted by Gasteiger charge is 2.08. The van der Waals surface area contributed by atoms with Crippen LogP contribution < -0.4 is 10.5 Å². The lowest BCUT2D eigenvalue weighted by molar-refractivity contribution is 0.107. The highest BCUT2D eigenvalue weighted by molar-refractivity contribution is 5.99. The molecule has 5 heteroatoms. The molecule has 2 rings (SSSR count). The van der Waals surface area contributed by atoms with Crippen molar-refractivity contribution in [3.63, 3.8) is 0 Å². The summed E-state index contributed by atoms with van der Waals surface area (Å²) in [5, 5.41) is 11.7. The third kappa shape index (κ3) is 3.97. The van der Waals surface area contributed by atoms with Crippen molar-refractivity contribution in [3.05, 3.63) is 65.2 Å². The number of nitrogens with two attached hydrogens (primary N) is 1. The second-order valence-electron chi connectivity index (χ2n) is 4.50. The van der Waals surface area contributed by atoms with Crippen molar-refractivity contribution in [2.45, 2.75) is 13.2 Å². The van der Waals surface area contributed by atoms with E-state index in [1.54, 1.807) is 6.07 Å². The largest absolute Gasteiger partial charge is 0.496 e. The summed E-state index contributed by atoms with van der Waals surface area (Å²) < 4.78 is 10.9. The Morgan fingerprint density at radius 3 is 2.48 bits per heavy atom. The molecule has 0 heterocycles. The van der Waals surface area contributed by atoms with Gasteiger partial charge in [0.1, 0.15) is 5.75 Å². The van der Waals surface area contributed by atoms with Crippen molar-refractivity contribution in [1.29, 1.82) is 0 Å². The molecular formula is C16H18N2O3. The molecule has 0 unspecified atom stereocenters. The SMILES string of the molecule is COc1cc(COCc2ccccc2)ccc1/C(N)=N/O. The second-order valence-corrected chi connectivity index (χ2v) is 4.50. The Kier molecular flexibility index (Phi) is 5.17. The van der Waals surface area contributed by atoms with E-state index in [1.165, 1.54) is 7.11 Å². The molecule has 5 nitrogen and oxygen atoms in total. The van der Waals surface area contributed by atoms with Gasteiger partial charge in [0.2, 0.25) is 0 Å². The minimum atomic E-state index is 0.0172. The molecule has 0 saturated heterocycles. The average Bonchev–Trinajstić information content (AvgIpc) is 2.55. The van der Waals surface area contributed by atoms with Gasteiger partial charge < -0.3 is 20.4 Å². The number of ether oxygens (including phenoxy) is 2. The van der Waals surface area contributed by atoms with E-state index in [2.05, 4.69) is 5.16 Å². The molecule has 2 aromatic carbocycles. The van der Waals surface area contributed by atoms with Gasteiger partial charge in [0.15, 0.2) is 5.84 Å². The monoisotopic (exact) mass is 286 g/mol. The first-order valence-corrected chi connectivity index (χ1v) is 6.51. The van der Waals surface area contributed by atoms with Crippen molar-refractivity contribution in [3.8, 4) is 5.75 Å². The Labute approximate surface area is 123 Å². The van der Waals surface area contributed by atoms with Crippen LogP contribution in [0, 0.1) is 0 Å². The van der Waals surface area contributed by atoms with E-state index in [-0.39, 0.29) is 5.84 Å². The minimum Gasteiger partial charge on any atom is -0.496 e. The molecule has 0 aliphatic carbocycles. The Balaban J connectivity index is 2.01. The van der Waals surface area contributed by atoms with Gasteiger partial charge in [-0.05, 0) is 23.3 Å². The fourth-order valence-corrected chi connectivity index (χ4v) is 1.95. The molecule has 0 radical (unpaired) electrons. The highest BCUT2D eigenvalue weighted by Crippen LogP contribution is 2.20. The van der Waals surface area contributed by atoms with Gasteiger partial charge in [-0.25, -0.2) is 0 Å². The number of methoxy groups -OCH3 is 1. The van der Waals surface area contributed by atoms with Crippen molar-refractivity contribution >= 4 is 5.84 Å². The summed E-state index contributed by atoms with van der Waals surface area (Å²) in [5.41, 5.74) is 8.21. The van der Waals surface area contributed by atoms with Gasteiger partial charge in [0.05, 0.1) is 25.9 Å². The van der Waals surface area contributed by atoms with Gasteiger partial charge in [0, 0.05) is 0 Å². The van der Waals surface area contributed by atoms with Crippen molar-refractivity contribution in [2.75, 3.05) is 7.11 Å². The molecule has 0 bridgehead atoms.